The summed E-state index contributed by atoms with van der Waals surface area (Å²) < 4.78 is 21.7. The second-order valence-corrected chi connectivity index (χ2v) is 8.42. The molecule has 1 amide bonds. The lowest BCUT2D eigenvalue weighted by Gasteiger charge is -2.37. The standard InChI is InChI=1S/C20H21FN6O3/c21-12-5-15-19(23-7-12)30-10-13(28)8-22-18(29)14-9-24-27-4-2-16(25-17(14)27)26-3-1-11-6-20(11,15)26/h2,4,7,9,11,13,15,28H,1,3,5-6,8,10H2,(H,22,29)/t11-,13?,15?,20+/m0/s1. The molecule has 0 aromatic carbocycles. The van der Waals surface area contributed by atoms with E-state index in [0.29, 0.717) is 23.0 Å². The van der Waals surface area contributed by atoms with Gasteiger partial charge in [-0.3, -0.25) is 4.79 Å². The number of aliphatic hydroxyl groups excluding tert-OH is 1. The molecule has 4 aliphatic rings. The molecule has 2 bridgehead atoms. The molecule has 2 aromatic heterocycles. The van der Waals surface area contributed by atoms with Gasteiger partial charge in [-0.25, -0.2) is 18.9 Å². The van der Waals surface area contributed by atoms with Gasteiger partial charge in [0.15, 0.2) is 11.5 Å². The molecular weight excluding hydrogens is 391 g/mol. The molecule has 9 nitrogen and oxygen atoms in total. The Balaban J connectivity index is 1.49. The monoisotopic (exact) mass is 412 g/mol. The predicted molar refractivity (Wildman–Crippen MR) is 105 cm³/mol. The van der Waals surface area contributed by atoms with Crippen LogP contribution in [0.4, 0.5) is 10.2 Å². The average Bonchev–Trinajstić information content (AvgIpc) is 3.13. The summed E-state index contributed by atoms with van der Waals surface area (Å²) in [6, 6.07) is 1.88. The third-order valence-electron chi connectivity index (χ3n) is 6.75. The van der Waals surface area contributed by atoms with Crippen molar-refractivity contribution in [3.8, 4) is 0 Å². The van der Waals surface area contributed by atoms with Crippen molar-refractivity contribution >= 4 is 23.3 Å². The molecule has 1 saturated carbocycles. The fraction of sp³-hybridized carbons (Fsp3) is 0.500. The number of nitrogens with one attached hydrogen (secondary N) is 1. The lowest BCUT2D eigenvalue weighted by molar-refractivity contribution is 0.0803. The largest absolute Gasteiger partial charge is 0.478 e. The van der Waals surface area contributed by atoms with Crippen LogP contribution >= 0.6 is 0 Å². The SMILES string of the molecule is O=C1NCC(O)COC2=NC=C(F)CC2[C@@]23C[C@@H]2CCN3c2ccn3ncc1c3n2. The second kappa shape index (κ2) is 6.24. The van der Waals surface area contributed by atoms with Crippen molar-refractivity contribution in [2.45, 2.75) is 30.9 Å². The topological polar surface area (TPSA) is 104 Å². The van der Waals surface area contributed by atoms with Gasteiger partial charge in [-0.05, 0) is 24.8 Å². The van der Waals surface area contributed by atoms with Gasteiger partial charge in [0.2, 0.25) is 0 Å². The van der Waals surface area contributed by atoms with Gasteiger partial charge in [-0.2, -0.15) is 5.10 Å². The van der Waals surface area contributed by atoms with Crippen molar-refractivity contribution in [3.63, 3.8) is 0 Å². The Hall–Kier alpha value is -3.01. The number of halogens is 1. The normalized spacial score (nSPS) is 32.9. The zero-order valence-corrected chi connectivity index (χ0v) is 16.2. The summed E-state index contributed by atoms with van der Waals surface area (Å²) in [5.74, 6) is 0.717. The van der Waals surface area contributed by atoms with Crippen molar-refractivity contribution in [1.29, 1.82) is 0 Å². The fourth-order valence-corrected chi connectivity index (χ4v) is 5.26. The van der Waals surface area contributed by atoms with E-state index in [0.717, 1.165) is 25.2 Å². The van der Waals surface area contributed by atoms with Crippen molar-refractivity contribution in [2.24, 2.45) is 16.8 Å². The highest BCUT2D eigenvalue weighted by molar-refractivity contribution is 5.99. The number of rotatable bonds is 0. The molecule has 2 fully saturated rings. The van der Waals surface area contributed by atoms with Crippen LogP contribution in [0.3, 0.4) is 0 Å². The van der Waals surface area contributed by atoms with Crippen molar-refractivity contribution in [1.82, 2.24) is 19.9 Å². The van der Waals surface area contributed by atoms with E-state index < -0.39 is 6.10 Å². The van der Waals surface area contributed by atoms with Gasteiger partial charge >= 0.3 is 0 Å². The van der Waals surface area contributed by atoms with E-state index >= 15 is 0 Å². The first-order valence-corrected chi connectivity index (χ1v) is 10.2. The van der Waals surface area contributed by atoms with Gasteiger partial charge in [0.05, 0.1) is 23.9 Å². The summed E-state index contributed by atoms with van der Waals surface area (Å²) in [4.78, 5) is 23.8. The van der Waals surface area contributed by atoms with Crippen LogP contribution in [0.15, 0.2) is 35.5 Å². The number of carbonyl (C=O) groups is 1. The number of amides is 1. The van der Waals surface area contributed by atoms with Crippen LogP contribution in [-0.2, 0) is 4.74 Å². The van der Waals surface area contributed by atoms with Gasteiger partial charge in [-0.1, -0.05) is 0 Å². The molecule has 30 heavy (non-hydrogen) atoms. The molecule has 6 rings (SSSR count). The van der Waals surface area contributed by atoms with Crippen LogP contribution in [0.25, 0.3) is 5.65 Å². The number of hydrogen-bond acceptors (Lipinski definition) is 7. The van der Waals surface area contributed by atoms with E-state index in [1.54, 1.807) is 10.7 Å². The molecule has 4 atom stereocenters. The molecule has 1 spiro atoms. The van der Waals surface area contributed by atoms with E-state index in [1.807, 2.05) is 6.07 Å². The minimum atomic E-state index is -0.923. The number of aliphatic imine (C=N–C) groups is 1. The van der Waals surface area contributed by atoms with Crippen LogP contribution in [0, 0.1) is 11.8 Å². The zero-order valence-electron chi connectivity index (χ0n) is 16.2. The smallest absolute Gasteiger partial charge is 0.256 e. The lowest BCUT2D eigenvalue weighted by atomic mass is 9.89. The third-order valence-corrected chi connectivity index (χ3v) is 6.75. The van der Waals surface area contributed by atoms with Crippen LogP contribution < -0.4 is 10.2 Å². The summed E-state index contributed by atoms with van der Waals surface area (Å²) >= 11 is 0. The van der Waals surface area contributed by atoms with Crippen LogP contribution in [0.5, 0.6) is 0 Å². The Labute approximate surface area is 171 Å². The molecule has 2 aromatic rings. The molecule has 3 aliphatic heterocycles. The van der Waals surface area contributed by atoms with E-state index in [4.69, 9.17) is 9.72 Å². The first kappa shape index (κ1) is 17.8. The number of ether oxygens (including phenoxy) is 1. The molecular formula is C20H21FN6O3. The second-order valence-electron chi connectivity index (χ2n) is 8.42. The van der Waals surface area contributed by atoms with E-state index in [9.17, 15) is 14.3 Å². The molecule has 10 heteroatoms. The first-order chi connectivity index (χ1) is 14.6. The Bertz CT molecular complexity index is 1110. The highest BCUT2D eigenvalue weighted by Crippen LogP contribution is 2.62. The number of piperidine rings is 1. The predicted octanol–water partition coefficient (Wildman–Crippen LogP) is 1.05. The number of carbonyl (C=O) groups excluding carboxylic acids is 1. The number of hydrogen-bond donors (Lipinski definition) is 2. The van der Waals surface area contributed by atoms with Crippen molar-refractivity contribution in [3.05, 3.63) is 36.1 Å². The fourth-order valence-electron chi connectivity index (χ4n) is 5.26. The van der Waals surface area contributed by atoms with Gasteiger partial charge in [0.25, 0.3) is 5.91 Å². The zero-order chi connectivity index (χ0) is 20.5. The van der Waals surface area contributed by atoms with E-state index in [1.165, 1.54) is 12.4 Å². The highest BCUT2D eigenvalue weighted by Gasteiger charge is 2.68. The summed E-state index contributed by atoms with van der Waals surface area (Å²) in [6.07, 6.45) is 5.64. The Morgan fingerprint density at radius 3 is 3.17 bits per heavy atom. The maximum absolute atomic E-state index is 14.3. The maximum Gasteiger partial charge on any atom is 0.256 e. The minimum absolute atomic E-state index is 0.0118. The number of aromatic nitrogens is 3. The molecule has 1 saturated heterocycles. The van der Waals surface area contributed by atoms with Crippen molar-refractivity contribution < 1.29 is 19.0 Å². The Kier molecular flexibility index (Phi) is 3.71. The summed E-state index contributed by atoms with van der Waals surface area (Å²) in [5, 5.41) is 17.2. The average molecular weight is 412 g/mol. The maximum atomic E-state index is 14.3. The molecule has 156 valence electrons. The number of allylic oxidation sites excluding steroid dienone is 1. The van der Waals surface area contributed by atoms with Crippen molar-refractivity contribution in [2.75, 3.05) is 24.6 Å². The summed E-state index contributed by atoms with van der Waals surface area (Å²) in [6.45, 7) is 0.776. The summed E-state index contributed by atoms with van der Waals surface area (Å²) in [7, 11) is 0. The molecule has 5 heterocycles. The Morgan fingerprint density at radius 2 is 2.30 bits per heavy atom. The Morgan fingerprint density at radius 1 is 1.40 bits per heavy atom. The third kappa shape index (κ3) is 2.49. The molecule has 1 aliphatic carbocycles. The van der Waals surface area contributed by atoms with Gasteiger partial charge in [0, 0.05) is 25.7 Å². The van der Waals surface area contributed by atoms with E-state index in [-0.39, 0.29) is 42.8 Å². The van der Waals surface area contributed by atoms with Gasteiger partial charge in [0.1, 0.15) is 29.9 Å². The number of β-amino-alcohol motifs (C(OH)–C–C–N with tert-alkyl or cyclic N) is 1. The molecule has 2 unspecified atom stereocenters. The molecule has 0 radical (unpaired) electrons. The van der Waals surface area contributed by atoms with E-state index in [2.05, 4.69) is 20.3 Å². The number of aliphatic hydroxyl groups is 1. The highest BCUT2D eigenvalue weighted by atomic mass is 19.1. The minimum Gasteiger partial charge on any atom is -0.478 e. The quantitative estimate of drug-likeness (QED) is 0.670. The first-order valence-electron chi connectivity index (χ1n) is 10.2. The number of anilines is 1. The van der Waals surface area contributed by atoms with Gasteiger partial charge < -0.3 is 20.1 Å². The van der Waals surface area contributed by atoms with Crippen LogP contribution in [-0.4, -0.2) is 62.8 Å². The lowest BCUT2D eigenvalue weighted by Crippen LogP contribution is -2.47. The number of nitrogens with zero attached hydrogens (tertiary/aromatic N) is 5. The van der Waals surface area contributed by atoms with Gasteiger partial charge in [-0.15, -0.1) is 0 Å². The van der Waals surface area contributed by atoms with Crippen LogP contribution in [0.2, 0.25) is 0 Å². The van der Waals surface area contributed by atoms with Crippen LogP contribution in [0.1, 0.15) is 29.6 Å². The number of fused-ring (bicyclic) bond motifs is 3. The molecule has 2 N–H and O–H groups in total. The summed E-state index contributed by atoms with van der Waals surface area (Å²) in [5.41, 5.74) is 0.486.